The minimum absolute atomic E-state index is 0.0132. The summed E-state index contributed by atoms with van der Waals surface area (Å²) in [6.45, 7) is 17.8. The number of carboxylic acids is 2. The number of hydrogen-bond donors (Lipinski definition) is 9. The molecule has 0 unspecified atom stereocenters. The van der Waals surface area contributed by atoms with Crippen molar-refractivity contribution >= 4 is 161 Å². The van der Waals surface area contributed by atoms with E-state index in [9.17, 15) is 63.0 Å². The molecule has 11 N–H and O–H groups in total. The molecule has 0 saturated carbocycles. The number of primary amides is 1. The van der Waals surface area contributed by atoms with Crippen LogP contribution in [0.15, 0.2) is 168 Å². The minimum atomic E-state index is -1.16. The van der Waals surface area contributed by atoms with Crippen molar-refractivity contribution in [2.75, 3.05) is 54.5 Å². The Morgan fingerprint density at radius 2 is 1.02 bits per heavy atom. The number of rotatable bonds is 35. The van der Waals surface area contributed by atoms with E-state index < -0.39 is 40.1 Å². The number of aromatic nitrogens is 15. The van der Waals surface area contributed by atoms with Gasteiger partial charge >= 0.3 is 17.6 Å². The van der Waals surface area contributed by atoms with Crippen molar-refractivity contribution in [3.05, 3.63) is 175 Å². The number of aliphatic hydroxyl groups excluding tert-OH is 1. The second kappa shape index (κ2) is 49.6. The largest absolute Gasteiger partial charge is 0.512 e. The number of methoxy groups -OCH3 is 2. The lowest BCUT2D eigenvalue weighted by atomic mass is 10.1. The van der Waals surface area contributed by atoms with Gasteiger partial charge in [0.15, 0.2) is 40.0 Å². The third kappa shape index (κ3) is 32.5. The van der Waals surface area contributed by atoms with Crippen LogP contribution >= 0.6 is 86.5 Å². The summed E-state index contributed by atoms with van der Waals surface area (Å²) in [5.74, 6) is 2.11. The first kappa shape index (κ1) is 101. The number of amides is 1. The number of carboxylic acid groups (broad SMARTS) is 2. The van der Waals surface area contributed by atoms with Crippen molar-refractivity contribution in [2.24, 2.45) is 15.9 Å². The maximum Gasteiger partial charge on any atom is 0.335 e. The summed E-state index contributed by atoms with van der Waals surface area (Å²) in [4.78, 5) is 126. The zero-order valence-corrected chi connectivity index (χ0v) is 75.9. The van der Waals surface area contributed by atoms with Gasteiger partial charge in [0, 0.05) is 45.8 Å². The molecule has 48 heteroatoms. The highest BCUT2D eigenvalue weighted by Gasteiger charge is 2.26. The summed E-state index contributed by atoms with van der Waals surface area (Å²) < 4.78 is 37.5. The normalized spacial score (nSPS) is 11.1. The van der Waals surface area contributed by atoms with Crippen LogP contribution in [0, 0.1) is 26.0 Å². The number of carbonyl (C=O) groups is 8. The zero-order valence-electron chi connectivity index (χ0n) is 69.4. The maximum absolute atomic E-state index is 13.7. The number of anilines is 1. The number of ketones is 5. The predicted molar refractivity (Wildman–Crippen MR) is 482 cm³/mol. The molecule has 5 aromatic heterocycles. The van der Waals surface area contributed by atoms with Crippen molar-refractivity contribution < 1.29 is 86.9 Å². The number of nitrogens with two attached hydrogens (primary N) is 2. The number of ether oxygens (including phenoxy) is 4. The molecular weight excluding hydrogens is 1840 g/mol. The molecule has 0 aliphatic carbocycles. The van der Waals surface area contributed by atoms with Crippen molar-refractivity contribution in [3.8, 4) is 79.9 Å². The van der Waals surface area contributed by atoms with Gasteiger partial charge in [0.1, 0.15) is 63.6 Å². The Bertz CT molecular complexity index is 5880. The summed E-state index contributed by atoms with van der Waals surface area (Å²) in [5, 5.41) is 95.0. The number of carbonyl (C=O) groups excluding carboxylic acids is 6. The fourth-order valence-corrected chi connectivity index (χ4v) is 14.2. The highest BCUT2D eigenvalue weighted by Crippen LogP contribution is 2.37. The first-order valence-electron chi connectivity index (χ1n) is 37.0. The van der Waals surface area contributed by atoms with Gasteiger partial charge in [-0.05, 0) is 141 Å². The van der Waals surface area contributed by atoms with Crippen LogP contribution in [0.25, 0.3) is 56.9 Å². The van der Waals surface area contributed by atoms with Crippen molar-refractivity contribution in [2.45, 2.75) is 113 Å². The van der Waals surface area contributed by atoms with E-state index in [-0.39, 0.29) is 109 Å². The Balaban J connectivity index is 0.000000210. The fraction of sp³-hybridized carbons (Fsp3) is 0.266. The number of aliphatic hydroxyl groups is 1. The summed E-state index contributed by atoms with van der Waals surface area (Å²) in [6, 6.07) is 30.0. The van der Waals surface area contributed by atoms with E-state index in [1.54, 1.807) is 58.2 Å². The van der Waals surface area contributed by atoms with E-state index >= 15 is 0 Å². The number of Topliss-reactive ketones (excluding diaryl/α,β-unsaturated/α-hetero) is 5. The number of nitrogen functional groups attached to an aromatic ring is 1. The highest BCUT2D eigenvalue weighted by molar-refractivity contribution is 9.10. The van der Waals surface area contributed by atoms with E-state index in [0.29, 0.717) is 107 Å². The van der Waals surface area contributed by atoms with Gasteiger partial charge in [0.2, 0.25) is 26.5 Å². The molecule has 11 aromatic rings. The second-order valence-corrected chi connectivity index (χ2v) is 33.3. The van der Waals surface area contributed by atoms with Crippen LogP contribution in [0.4, 0.5) is 21.5 Å². The molecule has 668 valence electrons. The standard InChI is InChI=1S/C16H18N4O6S.C15H19N3O2S.C12H12BrN3O2S.C12H10FN3O3S.C12H12N4O4S.C12H12N4O2S/c1-9(2)26-13-5-4-11(6-12(13)20(24)25)15-17-18-16(27-8-10(3)21)19(15)7-14(22)23;1-9(2)20-14-5-4-11(6-12(14)16)13-7-15(18-17-13)21-8-10(3)19;1-7(17)6-19-12-14-11(15-16-12)9-5-8(13)3-4-10(9)18-2;1-6(17)5-20-12-14-10(15-16-12)8-4-7(11(18)19)2-3-9(8)13;1-7(17)6-21-12-13-11(14-15-12)9-5-8(16(18)19)3-4-10(9)20-2;1-7(17)6-19-12-14-11(15-16-12)9-5-3-2-4-8(9)10(13)18/h4-6,9H,7-8H2,1-3H3,(H,22,23);4-6,9H,7-8,16H2,1-3H3;3-5,17H,1,6H2,2H3,(H,14,15,16);2-4H,5H2,1H3,(H,18,19)(H,14,15,16);3-5H,6H2,1-2H3,(H,13,14,15);2-5H,6H2,1H3,(H2,13,18)(H,14,15,16). The Labute approximate surface area is 756 Å². The molecule has 0 atom stereocenters. The number of benzene rings is 6. The highest BCUT2D eigenvalue weighted by atomic mass is 79.9. The van der Waals surface area contributed by atoms with Crippen molar-refractivity contribution in [1.29, 1.82) is 0 Å². The number of aromatic carboxylic acids is 1. The zero-order chi connectivity index (χ0) is 93.3. The van der Waals surface area contributed by atoms with E-state index in [0.717, 1.165) is 55.9 Å². The van der Waals surface area contributed by atoms with E-state index in [1.807, 2.05) is 50.2 Å². The first-order chi connectivity index (χ1) is 60.3. The quantitative estimate of drug-likeness (QED) is 0.00585. The molecule has 40 nitrogen and oxygen atoms in total. The molecule has 127 heavy (non-hydrogen) atoms. The third-order valence-corrected chi connectivity index (χ3v) is 22.0. The Morgan fingerprint density at radius 3 is 1.51 bits per heavy atom. The number of nitro groups is 2. The van der Waals surface area contributed by atoms with Gasteiger partial charge in [-0.3, -0.25) is 78.8 Å². The van der Waals surface area contributed by atoms with Crippen LogP contribution in [-0.4, -0.2) is 219 Å². The molecular formula is C79H83BrFN21O19S6. The lowest BCUT2D eigenvalue weighted by molar-refractivity contribution is -0.386. The van der Waals surface area contributed by atoms with Gasteiger partial charge in [-0.1, -0.05) is 99.5 Å². The number of nitro benzene ring substituents is 2. The topological polar surface area (TPSA) is 594 Å². The first-order valence-corrected chi connectivity index (χ1v) is 43.7. The van der Waals surface area contributed by atoms with Crippen molar-refractivity contribution in [3.63, 3.8) is 0 Å². The number of nitrogens with one attached hydrogen (secondary N) is 4. The van der Waals surface area contributed by atoms with Crippen LogP contribution in [0.5, 0.6) is 23.0 Å². The van der Waals surface area contributed by atoms with Crippen LogP contribution in [-0.2, 0) is 35.3 Å². The number of non-ortho nitro benzene ring substituents is 1. The molecule has 1 amide bonds. The Kier molecular flexibility index (Phi) is 39.5. The number of aliphatic carboxylic acids is 1. The van der Waals surface area contributed by atoms with Crippen molar-refractivity contribution in [1.82, 2.24) is 75.5 Å². The van der Waals surface area contributed by atoms with Crippen LogP contribution in [0.2, 0.25) is 0 Å². The van der Waals surface area contributed by atoms with Gasteiger partial charge in [-0.25, -0.2) is 29.1 Å². The molecule has 12 rings (SSSR count). The number of hydrogen-bond acceptors (Lipinski definition) is 36. The van der Waals surface area contributed by atoms with E-state index in [1.165, 1.54) is 129 Å². The average Bonchev–Trinajstić information content (AvgIpc) is 1.70. The number of thioether (sulfide) groups is 6. The van der Waals surface area contributed by atoms with E-state index in [4.69, 9.17) is 45.7 Å². The number of aromatic amines is 4. The van der Waals surface area contributed by atoms with Crippen LogP contribution < -0.4 is 30.4 Å². The Hall–Kier alpha value is -13.0. The summed E-state index contributed by atoms with van der Waals surface area (Å²) in [6.07, 6.45) is 0.474. The molecule has 1 aliphatic heterocycles. The van der Waals surface area contributed by atoms with Crippen LogP contribution in [0.3, 0.4) is 0 Å². The monoisotopic (exact) mass is 1920 g/mol. The smallest absolute Gasteiger partial charge is 0.335 e. The van der Waals surface area contributed by atoms with Gasteiger partial charge in [-0.2, -0.15) is 5.10 Å². The second-order valence-electron chi connectivity index (χ2n) is 26.6. The summed E-state index contributed by atoms with van der Waals surface area (Å²) >= 11 is 10.8. The van der Waals surface area contributed by atoms with E-state index in [2.05, 4.69) is 104 Å². The molecule has 0 bridgehead atoms. The fourth-order valence-electron chi connectivity index (χ4n) is 10.0. The van der Waals surface area contributed by atoms with Gasteiger partial charge in [0.25, 0.3) is 5.69 Å². The summed E-state index contributed by atoms with van der Waals surface area (Å²) in [7, 11) is 3.07. The third-order valence-electron chi connectivity index (χ3n) is 15.4. The van der Waals surface area contributed by atoms with Gasteiger partial charge < -0.3 is 45.7 Å². The molecule has 6 heterocycles. The lowest BCUT2D eigenvalue weighted by Crippen LogP contribution is -2.12. The minimum Gasteiger partial charge on any atom is -0.512 e. The molecule has 1 aliphatic rings. The predicted octanol–water partition coefficient (Wildman–Crippen LogP) is 14.0. The molecule has 0 saturated heterocycles. The number of halogens is 2. The number of nitrogens with zero attached hydrogens (tertiary/aromatic N) is 15. The molecule has 0 spiro atoms. The molecule has 0 fully saturated rings. The van der Waals surface area contributed by atoms with Crippen LogP contribution in [0.1, 0.15) is 95.0 Å². The average molecular weight is 1920 g/mol. The molecule has 6 aromatic carbocycles. The summed E-state index contributed by atoms with van der Waals surface area (Å²) in [5.41, 5.74) is 15.9. The number of H-pyrrole nitrogens is 4. The molecule has 0 radical (unpaired) electrons. The lowest BCUT2D eigenvalue weighted by Gasteiger charge is -2.13. The van der Waals surface area contributed by atoms with Gasteiger partial charge in [-0.15, -0.1) is 47.5 Å². The maximum atomic E-state index is 13.7. The SMILES string of the molecule is C=C(O)CSc1n[nH]c(-c2cc(Br)ccc2OC)n1.CC(=O)CSC1=NN=C(c2ccc(OC(C)C)c(N)c2)C1.CC(=O)CSc1n[nH]c(-c2cc(C(=O)O)ccc2F)n1.CC(=O)CSc1n[nH]c(-c2ccccc2C(N)=O)n1.CC(=O)CSc1nnc(-c2ccc(OC(C)C)c([N+](=O)[O-])c2)n1CC(=O)O.COc1ccc([N+](=O)[O-])cc1-c1nc(SCC(C)=O)n[nH]1. The van der Waals surface area contributed by atoms with Gasteiger partial charge in [0.05, 0.1) is 116 Å². The Morgan fingerprint density at radius 1 is 0.551 bits per heavy atom.